The lowest BCUT2D eigenvalue weighted by molar-refractivity contribution is 0.0455. The van der Waals surface area contributed by atoms with Crippen LogP contribution in [0.2, 0.25) is 0 Å². The van der Waals surface area contributed by atoms with Gasteiger partial charge in [-0.3, -0.25) is 0 Å². The van der Waals surface area contributed by atoms with Gasteiger partial charge >= 0.3 is 0 Å². The number of benzene rings is 1. The van der Waals surface area contributed by atoms with Crippen molar-refractivity contribution in [1.29, 1.82) is 0 Å². The summed E-state index contributed by atoms with van der Waals surface area (Å²) in [7, 11) is 0. The molecule has 0 amide bonds. The molecule has 0 aromatic heterocycles. The average molecular weight is 267 g/mol. The third kappa shape index (κ3) is 2.71. The van der Waals surface area contributed by atoms with Crippen LogP contribution < -0.4 is 5.32 Å². The van der Waals surface area contributed by atoms with Crippen LogP contribution in [-0.2, 0) is 4.74 Å². The normalized spacial score (nSPS) is 21.8. The van der Waals surface area contributed by atoms with Crippen molar-refractivity contribution in [2.45, 2.75) is 28.9 Å². The summed E-state index contributed by atoms with van der Waals surface area (Å²) < 4.78 is 19.2. The summed E-state index contributed by atoms with van der Waals surface area (Å²) in [5, 5.41) is 3.77. The Labute approximate surface area is 111 Å². The average Bonchev–Trinajstić information content (AvgIpc) is 2.36. The Hall–Kier alpha value is -0.580. The minimum atomic E-state index is -0.0667. The standard InChI is InChI=1S/C14H18FNOS/c15-13-7-11(10-3-5-16-6-4-10)1-2-14(13)18-12-8-17-9-12/h1-2,7,10,12,16H,3-6,8-9H2. The zero-order chi connectivity index (χ0) is 12.4. The maximum Gasteiger partial charge on any atom is 0.137 e. The quantitative estimate of drug-likeness (QED) is 0.910. The topological polar surface area (TPSA) is 21.3 Å². The summed E-state index contributed by atoms with van der Waals surface area (Å²) in [6.07, 6.45) is 2.23. The largest absolute Gasteiger partial charge is 0.379 e. The van der Waals surface area contributed by atoms with Crippen molar-refractivity contribution in [3.63, 3.8) is 0 Å². The maximum atomic E-state index is 14.0. The van der Waals surface area contributed by atoms with Gasteiger partial charge in [0.15, 0.2) is 0 Å². The van der Waals surface area contributed by atoms with Crippen molar-refractivity contribution in [1.82, 2.24) is 5.32 Å². The third-order valence-electron chi connectivity index (χ3n) is 3.67. The third-order valence-corrected chi connectivity index (χ3v) is 4.86. The van der Waals surface area contributed by atoms with Crippen molar-refractivity contribution in [2.24, 2.45) is 0 Å². The monoisotopic (exact) mass is 267 g/mol. The van der Waals surface area contributed by atoms with E-state index in [1.54, 1.807) is 17.8 Å². The molecule has 0 bridgehead atoms. The van der Waals surface area contributed by atoms with Gasteiger partial charge in [-0.15, -0.1) is 11.8 Å². The van der Waals surface area contributed by atoms with Crippen LogP contribution in [0.4, 0.5) is 4.39 Å². The highest BCUT2D eigenvalue weighted by molar-refractivity contribution is 8.00. The fourth-order valence-corrected chi connectivity index (χ4v) is 3.49. The number of hydrogen-bond acceptors (Lipinski definition) is 3. The lowest BCUT2D eigenvalue weighted by atomic mass is 9.90. The molecule has 2 aliphatic heterocycles. The van der Waals surface area contributed by atoms with Gasteiger partial charge in [-0.1, -0.05) is 6.07 Å². The van der Waals surface area contributed by atoms with Gasteiger partial charge in [-0.05, 0) is 49.5 Å². The van der Waals surface area contributed by atoms with Crippen LogP contribution in [0.5, 0.6) is 0 Å². The number of thioether (sulfide) groups is 1. The molecule has 98 valence electrons. The van der Waals surface area contributed by atoms with E-state index in [0.717, 1.165) is 49.6 Å². The minimum absolute atomic E-state index is 0.0667. The zero-order valence-electron chi connectivity index (χ0n) is 10.3. The first-order chi connectivity index (χ1) is 8.83. The lowest BCUT2D eigenvalue weighted by Gasteiger charge is -2.26. The highest BCUT2D eigenvalue weighted by atomic mass is 32.2. The molecule has 2 aliphatic rings. The summed E-state index contributed by atoms with van der Waals surface area (Å²) in [5.74, 6) is 0.453. The fraction of sp³-hybridized carbons (Fsp3) is 0.571. The van der Waals surface area contributed by atoms with Gasteiger partial charge in [-0.25, -0.2) is 4.39 Å². The van der Waals surface area contributed by atoms with Crippen LogP contribution in [0.15, 0.2) is 23.1 Å². The predicted octanol–water partition coefficient (Wildman–Crippen LogP) is 2.78. The van der Waals surface area contributed by atoms with Gasteiger partial charge in [-0.2, -0.15) is 0 Å². The van der Waals surface area contributed by atoms with E-state index in [0.29, 0.717) is 11.2 Å². The van der Waals surface area contributed by atoms with Gasteiger partial charge in [0, 0.05) is 4.90 Å². The number of hydrogen-bond donors (Lipinski definition) is 1. The summed E-state index contributed by atoms with van der Waals surface area (Å²) in [4.78, 5) is 0.765. The van der Waals surface area contributed by atoms with Crippen molar-refractivity contribution < 1.29 is 9.13 Å². The summed E-state index contributed by atoms with van der Waals surface area (Å²) in [5.41, 5.74) is 1.16. The van der Waals surface area contributed by atoms with Crippen LogP contribution >= 0.6 is 11.8 Å². The lowest BCUT2D eigenvalue weighted by Crippen LogP contribution is -2.30. The van der Waals surface area contributed by atoms with Crippen molar-refractivity contribution in [3.8, 4) is 0 Å². The highest BCUT2D eigenvalue weighted by Crippen LogP contribution is 2.33. The first-order valence-electron chi connectivity index (χ1n) is 6.57. The van der Waals surface area contributed by atoms with E-state index in [1.807, 2.05) is 6.07 Å². The zero-order valence-corrected chi connectivity index (χ0v) is 11.1. The van der Waals surface area contributed by atoms with Gasteiger partial charge < -0.3 is 10.1 Å². The smallest absolute Gasteiger partial charge is 0.137 e. The first-order valence-corrected chi connectivity index (χ1v) is 7.45. The Bertz CT molecular complexity index is 416. The summed E-state index contributed by atoms with van der Waals surface area (Å²) in [6, 6.07) is 5.77. The van der Waals surface area contributed by atoms with Gasteiger partial charge in [0.25, 0.3) is 0 Å². The minimum Gasteiger partial charge on any atom is -0.379 e. The van der Waals surface area contributed by atoms with E-state index < -0.39 is 0 Å². The van der Waals surface area contributed by atoms with Crippen LogP contribution in [0.25, 0.3) is 0 Å². The molecular formula is C14H18FNOS. The van der Waals surface area contributed by atoms with Crippen LogP contribution in [0, 0.1) is 5.82 Å². The van der Waals surface area contributed by atoms with E-state index >= 15 is 0 Å². The maximum absolute atomic E-state index is 14.0. The Morgan fingerprint density at radius 2 is 2.00 bits per heavy atom. The van der Waals surface area contributed by atoms with E-state index in [9.17, 15) is 4.39 Å². The molecular weight excluding hydrogens is 249 g/mol. The van der Waals surface area contributed by atoms with Crippen molar-refractivity contribution >= 4 is 11.8 Å². The predicted molar refractivity (Wildman–Crippen MR) is 71.7 cm³/mol. The second kappa shape index (κ2) is 5.59. The Morgan fingerprint density at radius 3 is 2.61 bits per heavy atom. The number of nitrogens with one attached hydrogen (secondary N) is 1. The molecule has 3 rings (SSSR count). The molecule has 2 fully saturated rings. The molecule has 0 radical (unpaired) electrons. The SMILES string of the molecule is Fc1cc(C2CCNCC2)ccc1SC1COC1. The molecule has 0 unspecified atom stereocenters. The Morgan fingerprint density at radius 1 is 1.22 bits per heavy atom. The van der Waals surface area contributed by atoms with E-state index in [2.05, 4.69) is 11.4 Å². The second-order valence-corrected chi connectivity index (χ2v) is 6.33. The number of halogens is 1. The number of rotatable bonds is 3. The summed E-state index contributed by atoms with van der Waals surface area (Å²) >= 11 is 1.60. The molecule has 2 nitrogen and oxygen atoms in total. The van der Waals surface area contributed by atoms with Gasteiger partial charge in [0.1, 0.15) is 5.82 Å². The molecule has 0 spiro atoms. The van der Waals surface area contributed by atoms with Gasteiger partial charge in [0.05, 0.1) is 18.5 Å². The molecule has 18 heavy (non-hydrogen) atoms. The van der Waals surface area contributed by atoms with Crippen molar-refractivity contribution in [3.05, 3.63) is 29.6 Å². The Balaban J connectivity index is 1.70. The van der Waals surface area contributed by atoms with Crippen molar-refractivity contribution in [2.75, 3.05) is 26.3 Å². The molecule has 4 heteroatoms. The number of ether oxygens (including phenoxy) is 1. The summed E-state index contributed by atoms with van der Waals surface area (Å²) in [6.45, 7) is 3.59. The first kappa shape index (κ1) is 12.5. The van der Waals surface area contributed by atoms with Crippen LogP contribution in [0.1, 0.15) is 24.3 Å². The fourth-order valence-electron chi connectivity index (χ4n) is 2.48. The van der Waals surface area contributed by atoms with E-state index in [1.165, 1.54) is 0 Å². The van der Waals surface area contributed by atoms with Gasteiger partial charge in [0.2, 0.25) is 0 Å². The molecule has 0 saturated carbocycles. The molecule has 1 N–H and O–H groups in total. The van der Waals surface area contributed by atoms with Crippen LogP contribution in [0.3, 0.4) is 0 Å². The molecule has 1 aromatic carbocycles. The second-order valence-electron chi connectivity index (χ2n) is 4.99. The highest BCUT2D eigenvalue weighted by Gasteiger charge is 2.22. The molecule has 2 heterocycles. The molecule has 0 atom stereocenters. The molecule has 0 aliphatic carbocycles. The van der Waals surface area contributed by atoms with E-state index in [-0.39, 0.29) is 5.82 Å². The van der Waals surface area contributed by atoms with E-state index in [4.69, 9.17) is 4.74 Å². The molecule has 2 saturated heterocycles. The Kier molecular flexibility index (Phi) is 3.87. The molecule has 1 aromatic rings. The van der Waals surface area contributed by atoms with Crippen LogP contribution in [-0.4, -0.2) is 31.6 Å². The number of piperidine rings is 1.